The molecule has 1 saturated heterocycles. The number of hydrogen-bond donors (Lipinski definition) is 1. The molecular weight excluding hydrogens is 662 g/mol. The van der Waals surface area contributed by atoms with Gasteiger partial charge < -0.3 is 28.8 Å². The van der Waals surface area contributed by atoms with Crippen LogP contribution in [0.25, 0.3) is 11.1 Å². The average Bonchev–Trinajstić information content (AvgIpc) is 3.74. The van der Waals surface area contributed by atoms with Crippen LogP contribution in [0.2, 0.25) is 0 Å². The molecule has 10 heteroatoms. The van der Waals surface area contributed by atoms with Crippen LogP contribution in [0.3, 0.4) is 0 Å². The molecule has 1 aromatic heterocycles. The van der Waals surface area contributed by atoms with Gasteiger partial charge >= 0.3 is 17.9 Å². The Hall–Kier alpha value is -4.38. The number of rotatable bonds is 8. The second-order valence-electron chi connectivity index (χ2n) is 14.9. The minimum atomic E-state index is -0.999. The highest BCUT2D eigenvalue weighted by molar-refractivity contribution is 5.90. The summed E-state index contributed by atoms with van der Waals surface area (Å²) in [6.45, 7) is 7.52. The van der Waals surface area contributed by atoms with Gasteiger partial charge in [0, 0.05) is 53.9 Å². The zero-order valence-electron chi connectivity index (χ0n) is 30.3. The van der Waals surface area contributed by atoms with Crippen LogP contribution in [-0.4, -0.2) is 72.3 Å². The van der Waals surface area contributed by atoms with Gasteiger partial charge in [-0.1, -0.05) is 80.6 Å². The van der Waals surface area contributed by atoms with Crippen LogP contribution in [0.4, 0.5) is 0 Å². The Morgan fingerprint density at radius 1 is 1.10 bits per heavy atom. The number of pyridine rings is 1. The summed E-state index contributed by atoms with van der Waals surface area (Å²) in [5.74, 6) is -3.14. The Kier molecular flexibility index (Phi) is 10.1. The van der Waals surface area contributed by atoms with E-state index in [0.29, 0.717) is 12.0 Å². The Labute approximate surface area is 304 Å². The standard InChI is InChI=1S/C42H48NO9/c1-24-20-25(2)42-31(17-18-32-35(42)36(45)26(3)38(39(32)52-42)51-40(46)29-14-9-10-15-29)21-33(48-5)41(47)50-37(24)27(4)49-34(44)23-43-19-11-16-30(22-43)28-12-7-6-8-13-28/h6-14,16-20,22,24,26-27,31-33,35-39,45H,15,21,23H2,1-5H3/q+1/b25-20+/t24-,26-,27-,31-,32-,33+,35+,36-,37+,38-,39-,42+/m1/s1. The molecule has 52 heavy (non-hydrogen) atoms. The lowest BCUT2D eigenvalue weighted by Gasteiger charge is -2.49. The van der Waals surface area contributed by atoms with E-state index in [1.807, 2.05) is 93.9 Å². The SMILES string of the molecule is CO[C@H]1C[C@H]2C=C[C@H]3[C@H]4O[C@]2(/C(C)=C/[C@@H](C)[C@@H]([C@@H](C)OC(=O)C[n+]2cccc(-c5ccccc5)c2)OC1=O)[C@@H]3[C@H](O)[C@@H](C)[C@H]4OC(=O)C1=CC=CC1. The van der Waals surface area contributed by atoms with Crippen LogP contribution < -0.4 is 4.57 Å². The first-order valence-electron chi connectivity index (χ1n) is 18.3. The van der Waals surface area contributed by atoms with Gasteiger partial charge in [-0.15, -0.1) is 0 Å². The molecule has 4 bridgehead atoms. The molecule has 274 valence electrons. The van der Waals surface area contributed by atoms with E-state index in [2.05, 4.69) is 12.2 Å². The molecule has 1 N–H and O–H groups in total. The van der Waals surface area contributed by atoms with Crippen molar-refractivity contribution in [1.82, 2.24) is 0 Å². The van der Waals surface area contributed by atoms with Gasteiger partial charge in [0.2, 0.25) is 6.54 Å². The zero-order chi connectivity index (χ0) is 36.7. The van der Waals surface area contributed by atoms with Crippen molar-refractivity contribution >= 4 is 17.9 Å². The Bertz CT molecular complexity index is 1820. The van der Waals surface area contributed by atoms with Crippen LogP contribution in [0.15, 0.2) is 102 Å². The molecule has 0 radical (unpaired) electrons. The number of carbonyl (C=O) groups excluding carboxylic acids is 3. The molecular formula is C42H48NO9+. The van der Waals surface area contributed by atoms with E-state index in [0.717, 1.165) is 16.7 Å². The number of allylic oxidation sites excluding steroid dienone is 3. The minimum absolute atomic E-state index is 0.0271. The fourth-order valence-corrected chi connectivity index (χ4v) is 9.17. The lowest BCUT2D eigenvalue weighted by Crippen LogP contribution is -2.57. The molecule has 1 saturated carbocycles. The molecule has 1 aromatic carbocycles. The normalized spacial score (nSPS) is 36.5. The lowest BCUT2D eigenvalue weighted by molar-refractivity contribution is -0.685. The largest absolute Gasteiger partial charge is 0.456 e. The smallest absolute Gasteiger partial charge is 0.373 e. The van der Waals surface area contributed by atoms with E-state index in [1.165, 1.54) is 7.11 Å². The number of aliphatic hydroxyl groups excluding tert-OH is 1. The first-order valence-corrected chi connectivity index (χ1v) is 18.3. The van der Waals surface area contributed by atoms with E-state index < -0.39 is 66.1 Å². The van der Waals surface area contributed by atoms with Crippen LogP contribution in [-0.2, 0) is 44.6 Å². The summed E-state index contributed by atoms with van der Waals surface area (Å²) < 4.78 is 32.8. The van der Waals surface area contributed by atoms with Gasteiger partial charge in [-0.3, -0.25) is 0 Å². The monoisotopic (exact) mass is 710 g/mol. The van der Waals surface area contributed by atoms with Gasteiger partial charge in [0.1, 0.15) is 30.0 Å². The summed E-state index contributed by atoms with van der Waals surface area (Å²) in [7, 11) is 1.47. The molecule has 2 aliphatic heterocycles. The van der Waals surface area contributed by atoms with Crippen molar-refractivity contribution < 1.29 is 47.7 Å². The third kappa shape index (κ3) is 6.46. The van der Waals surface area contributed by atoms with Gasteiger partial charge in [0.25, 0.3) is 0 Å². The van der Waals surface area contributed by atoms with Crippen LogP contribution in [0.1, 0.15) is 40.5 Å². The number of nitrogens with zero attached hydrogens (tertiary/aromatic N) is 1. The molecule has 5 aliphatic rings. The third-order valence-electron chi connectivity index (χ3n) is 11.7. The Morgan fingerprint density at radius 3 is 2.60 bits per heavy atom. The number of aromatic nitrogens is 1. The van der Waals surface area contributed by atoms with Crippen molar-refractivity contribution in [1.29, 1.82) is 0 Å². The first kappa shape index (κ1) is 36.0. The molecule has 12 atom stereocenters. The second kappa shape index (κ2) is 14.6. The molecule has 3 heterocycles. The van der Waals surface area contributed by atoms with Crippen LogP contribution >= 0.6 is 0 Å². The second-order valence-corrected chi connectivity index (χ2v) is 14.9. The summed E-state index contributed by atoms with van der Waals surface area (Å²) in [4.78, 5) is 40.3. The third-order valence-corrected chi connectivity index (χ3v) is 11.7. The fraction of sp³-hybridized carbons (Fsp3) is 0.476. The van der Waals surface area contributed by atoms with Gasteiger partial charge in [-0.25, -0.2) is 14.4 Å². The molecule has 2 fully saturated rings. The average molecular weight is 711 g/mol. The molecule has 1 spiro atoms. The van der Waals surface area contributed by atoms with E-state index in [9.17, 15) is 19.5 Å². The van der Waals surface area contributed by atoms with Gasteiger partial charge in [-0.05, 0) is 43.9 Å². The lowest BCUT2D eigenvalue weighted by atomic mass is 9.57. The molecule has 7 rings (SSSR count). The topological polar surface area (TPSA) is 121 Å². The Balaban J connectivity index is 1.15. The van der Waals surface area contributed by atoms with Crippen molar-refractivity contribution in [2.24, 2.45) is 29.6 Å². The quantitative estimate of drug-likeness (QED) is 0.177. The van der Waals surface area contributed by atoms with Gasteiger partial charge in [0.15, 0.2) is 18.5 Å². The van der Waals surface area contributed by atoms with Crippen LogP contribution in [0, 0.1) is 29.6 Å². The maximum absolute atomic E-state index is 13.8. The summed E-state index contributed by atoms with van der Waals surface area (Å²) in [6.07, 6.45) is 11.5. The van der Waals surface area contributed by atoms with E-state index in [4.69, 9.17) is 23.7 Å². The number of hydrogen-bond acceptors (Lipinski definition) is 9. The van der Waals surface area contributed by atoms with Crippen molar-refractivity contribution in [3.63, 3.8) is 0 Å². The fourth-order valence-electron chi connectivity index (χ4n) is 9.17. The summed E-state index contributed by atoms with van der Waals surface area (Å²) in [5.41, 5.74) is 2.44. The number of ether oxygens (including phenoxy) is 5. The van der Waals surface area contributed by atoms with Gasteiger partial charge in [0.05, 0.1) is 6.10 Å². The number of cyclic esters (lactones) is 1. The number of aliphatic hydroxyl groups is 1. The highest BCUT2D eigenvalue weighted by Gasteiger charge is 2.69. The number of benzene rings is 1. The van der Waals surface area contributed by atoms with E-state index in [-0.39, 0.29) is 36.6 Å². The van der Waals surface area contributed by atoms with Crippen LogP contribution in [0.5, 0.6) is 0 Å². The summed E-state index contributed by atoms with van der Waals surface area (Å²) >= 11 is 0. The maximum Gasteiger partial charge on any atom is 0.373 e. The predicted molar refractivity (Wildman–Crippen MR) is 190 cm³/mol. The molecule has 3 aliphatic carbocycles. The minimum Gasteiger partial charge on any atom is -0.456 e. The summed E-state index contributed by atoms with van der Waals surface area (Å²) in [5, 5.41) is 12.0. The molecule has 2 aromatic rings. The van der Waals surface area contributed by atoms with E-state index >= 15 is 0 Å². The number of methoxy groups -OCH3 is 1. The zero-order valence-corrected chi connectivity index (χ0v) is 30.3. The molecule has 10 nitrogen and oxygen atoms in total. The van der Waals surface area contributed by atoms with E-state index in [1.54, 1.807) is 17.6 Å². The first-order chi connectivity index (χ1) is 25.0. The van der Waals surface area contributed by atoms with Crippen molar-refractivity contribution in [3.05, 3.63) is 102 Å². The molecule has 0 unspecified atom stereocenters. The summed E-state index contributed by atoms with van der Waals surface area (Å²) in [6, 6.07) is 13.8. The molecule has 0 amide bonds. The van der Waals surface area contributed by atoms with Crippen molar-refractivity contribution in [2.45, 2.75) is 89.3 Å². The number of esters is 3. The van der Waals surface area contributed by atoms with Crippen molar-refractivity contribution in [3.8, 4) is 11.1 Å². The predicted octanol–water partition coefficient (Wildman–Crippen LogP) is 4.85. The highest BCUT2D eigenvalue weighted by atomic mass is 16.6. The number of carbonyl (C=O) groups is 3. The Morgan fingerprint density at radius 2 is 1.87 bits per heavy atom. The highest BCUT2D eigenvalue weighted by Crippen LogP contribution is 2.61. The maximum atomic E-state index is 13.8. The van der Waals surface area contributed by atoms with Crippen molar-refractivity contribution in [2.75, 3.05) is 7.11 Å². The van der Waals surface area contributed by atoms with Gasteiger partial charge in [-0.2, -0.15) is 4.57 Å².